The van der Waals surface area contributed by atoms with Crippen molar-refractivity contribution in [1.29, 1.82) is 0 Å². The first-order valence-corrected chi connectivity index (χ1v) is 5.83. The van der Waals surface area contributed by atoms with Gasteiger partial charge >= 0.3 is 0 Å². The van der Waals surface area contributed by atoms with E-state index in [1.54, 1.807) is 10.9 Å². The highest BCUT2D eigenvalue weighted by atomic mass is 16.3. The van der Waals surface area contributed by atoms with Gasteiger partial charge in [-0.15, -0.1) is 0 Å². The third kappa shape index (κ3) is 2.50. The van der Waals surface area contributed by atoms with Crippen molar-refractivity contribution in [1.82, 2.24) is 14.7 Å². The summed E-state index contributed by atoms with van der Waals surface area (Å²) in [7, 11) is 1.86. The minimum absolute atomic E-state index is 0.0181. The van der Waals surface area contributed by atoms with Gasteiger partial charge in [0.05, 0.1) is 24.4 Å². The second-order valence-electron chi connectivity index (χ2n) is 4.84. The number of aliphatic hydroxyl groups is 2. The van der Waals surface area contributed by atoms with Gasteiger partial charge in [-0.25, -0.2) is 0 Å². The molecule has 0 aliphatic carbocycles. The summed E-state index contributed by atoms with van der Waals surface area (Å²) in [5.74, 6) is 0. The van der Waals surface area contributed by atoms with E-state index >= 15 is 0 Å². The lowest BCUT2D eigenvalue weighted by Gasteiger charge is -2.29. The van der Waals surface area contributed by atoms with Crippen molar-refractivity contribution in [2.45, 2.75) is 31.2 Å². The van der Waals surface area contributed by atoms with E-state index in [1.165, 1.54) is 0 Å². The molecule has 1 aliphatic heterocycles. The van der Waals surface area contributed by atoms with Crippen molar-refractivity contribution in [2.24, 2.45) is 12.8 Å². The van der Waals surface area contributed by atoms with Crippen LogP contribution in [0.4, 0.5) is 0 Å². The van der Waals surface area contributed by atoms with Crippen molar-refractivity contribution < 1.29 is 10.2 Å². The molecule has 6 nitrogen and oxygen atoms in total. The van der Waals surface area contributed by atoms with E-state index in [1.807, 2.05) is 25.1 Å². The average Bonchev–Trinajstić information content (AvgIpc) is 2.76. The van der Waals surface area contributed by atoms with E-state index in [2.05, 4.69) is 5.10 Å². The number of aromatic nitrogens is 2. The number of aliphatic hydroxyl groups excluding tert-OH is 2. The molecule has 1 aromatic rings. The zero-order valence-corrected chi connectivity index (χ0v) is 10.2. The van der Waals surface area contributed by atoms with Crippen LogP contribution < -0.4 is 5.73 Å². The van der Waals surface area contributed by atoms with Crippen LogP contribution in [-0.4, -0.2) is 56.2 Å². The van der Waals surface area contributed by atoms with Crippen molar-refractivity contribution in [3.8, 4) is 0 Å². The second kappa shape index (κ2) is 4.73. The Balaban J connectivity index is 2.19. The minimum atomic E-state index is -0.687. The fourth-order valence-corrected chi connectivity index (χ4v) is 2.47. The van der Waals surface area contributed by atoms with Gasteiger partial charge in [-0.05, 0) is 6.92 Å². The summed E-state index contributed by atoms with van der Waals surface area (Å²) < 4.78 is 1.73. The lowest BCUT2D eigenvalue weighted by atomic mass is 10.0. The number of aryl methyl sites for hydroxylation is 1. The molecule has 0 spiro atoms. The van der Waals surface area contributed by atoms with Gasteiger partial charge < -0.3 is 15.9 Å². The molecular weight excluding hydrogens is 220 g/mol. The maximum atomic E-state index is 9.60. The van der Waals surface area contributed by atoms with Gasteiger partial charge in [0.25, 0.3) is 0 Å². The third-order valence-corrected chi connectivity index (χ3v) is 3.25. The maximum Gasteiger partial charge on any atom is 0.0938 e. The molecule has 17 heavy (non-hydrogen) atoms. The van der Waals surface area contributed by atoms with E-state index in [4.69, 9.17) is 5.73 Å². The summed E-state index contributed by atoms with van der Waals surface area (Å²) in [6.45, 7) is 2.82. The summed E-state index contributed by atoms with van der Waals surface area (Å²) in [4.78, 5) is 2.01. The zero-order valence-electron chi connectivity index (χ0n) is 10.2. The largest absolute Gasteiger partial charge is 0.389 e. The standard InChI is InChI=1S/C11H20N4O2/c1-7(12)11(8-3-13-14(2)4-8)15-5-9(16)10(17)6-15/h3-4,7,9-11,16-17H,5-6,12H2,1-2H3. The van der Waals surface area contributed by atoms with Gasteiger partial charge in [0.2, 0.25) is 0 Å². The molecule has 0 aromatic carbocycles. The van der Waals surface area contributed by atoms with Crippen LogP contribution in [0.15, 0.2) is 12.4 Å². The first-order chi connectivity index (χ1) is 7.99. The van der Waals surface area contributed by atoms with Crippen LogP contribution in [0.2, 0.25) is 0 Å². The van der Waals surface area contributed by atoms with Gasteiger partial charge in [0.1, 0.15) is 0 Å². The fraction of sp³-hybridized carbons (Fsp3) is 0.727. The van der Waals surface area contributed by atoms with E-state index in [9.17, 15) is 10.2 Å². The van der Waals surface area contributed by atoms with Crippen LogP contribution in [0.3, 0.4) is 0 Å². The Kier molecular flexibility index (Phi) is 3.48. The monoisotopic (exact) mass is 240 g/mol. The Labute approximate surface area is 101 Å². The molecule has 4 atom stereocenters. The highest BCUT2D eigenvalue weighted by Crippen LogP contribution is 2.27. The van der Waals surface area contributed by atoms with Crippen molar-refractivity contribution >= 4 is 0 Å². The molecule has 0 bridgehead atoms. The van der Waals surface area contributed by atoms with Gasteiger partial charge in [-0.1, -0.05) is 0 Å². The van der Waals surface area contributed by atoms with Gasteiger partial charge in [-0.2, -0.15) is 5.10 Å². The number of β-amino-alcohol motifs (C(OH)–C–C–N with tert-alkyl or cyclic N) is 2. The lowest BCUT2D eigenvalue weighted by molar-refractivity contribution is 0.0572. The smallest absolute Gasteiger partial charge is 0.0938 e. The summed E-state index contributed by atoms with van der Waals surface area (Å²) in [6.07, 6.45) is 2.33. The molecule has 0 radical (unpaired) electrons. The molecule has 4 unspecified atom stereocenters. The molecule has 0 amide bonds. The molecule has 96 valence electrons. The number of hydrogen-bond donors (Lipinski definition) is 3. The van der Waals surface area contributed by atoms with Gasteiger partial charge in [0.15, 0.2) is 0 Å². The minimum Gasteiger partial charge on any atom is -0.389 e. The van der Waals surface area contributed by atoms with Crippen LogP contribution in [0.25, 0.3) is 0 Å². The second-order valence-corrected chi connectivity index (χ2v) is 4.84. The van der Waals surface area contributed by atoms with Crippen molar-refractivity contribution in [3.63, 3.8) is 0 Å². The van der Waals surface area contributed by atoms with Crippen LogP contribution in [0.1, 0.15) is 18.5 Å². The summed E-state index contributed by atoms with van der Waals surface area (Å²) in [5, 5.41) is 23.3. The molecule has 1 saturated heterocycles. The number of likely N-dealkylation sites (tertiary alicyclic amines) is 1. The summed E-state index contributed by atoms with van der Waals surface area (Å²) in [6, 6.07) is -0.104. The van der Waals surface area contributed by atoms with Crippen molar-refractivity contribution in [2.75, 3.05) is 13.1 Å². The molecule has 4 N–H and O–H groups in total. The molecule has 1 aromatic heterocycles. The van der Waals surface area contributed by atoms with Crippen LogP contribution in [0, 0.1) is 0 Å². The van der Waals surface area contributed by atoms with Crippen molar-refractivity contribution in [3.05, 3.63) is 18.0 Å². The summed E-state index contributed by atoms with van der Waals surface area (Å²) in [5.41, 5.74) is 7.02. The topological polar surface area (TPSA) is 87.5 Å². The van der Waals surface area contributed by atoms with Crippen LogP contribution >= 0.6 is 0 Å². The summed E-state index contributed by atoms with van der Waals surface area (Å²) >= 11 is 0. The number of nitrogens with zero attached hydrogens (tertiary/aromatic N) is 3. The van der Waals surface area contributed by atoms with Crippen LogP contribution in [-0.2, 0) is 7.05 Å². The molecule has 1 fully saturated rings. The van der Waals surface area contributed by atoms with Gasteiger partial charge in [0, 0.05) is 37.9 Å². The Bertz CT molecular complexity index is 369. The molecular formula is C11H20N4O2. The number of rotatable bonds is 3. The van der Waals surface area contributed by atoms with E-state index in [0.717, 1.165) is 5.56 Å². The SMILES string of the molecule is CC(N)C(c1cnn(C)c1)N1CC(O)C(O)C1. The predicted octanol–water partition coefficient (Wildman–Crippen LogP) is -1.15. The number of hydrogen-bond acceptors (Lipinski definition) is 5. The van der Waals surface area contributed by atoms with E-state index < -0.39 is 12.2 Å². The Hall–Kier alpha value is -0.950. The van der Waals surface area contributed by atoms with E-state index in [0.29, 0.717) is 13.1 Å². The Morgan fingerprint density at radius 1 is 1.41 bits per heavy atom. The Morgan fingerprint density at radius 3 is 2.41 bits per heavy atom. The quantitative estimate of drug-likeness (QED) is 0.621. The zero-order chi connectivity index (χ0) is 12.6. The molecule has 2 heterocycles. The molecule has 6 heteroatoms. The predicted molar refractivity (Wildman–Crippen MR) is 63.2 cm³/mol. The first-order valence-electron chi connectivity index (χ1n) is 5.83. The Morgan fingerprint density at radius 2 is 2.00 bits per heavy atom. The average molecular weight is 240 g/mol. The van der Waals surface area contributed by atoms with E-state index in [-0.39, 0.29) is 12.1 Å². The first kappa shape index (κ1) is 12.5. The highest BCUT2D eigenvalue weighted by molar-refractivity contribution is 5.14. The van der Waals surface area contributed by atoms with Gasteiger partial charge in [-0.3, -0.25) is 9.58 Å². The molecule has 2 rings (SSSR count). The van der Waals surface area contributed by atoms with Crippen LogP contribution in [0.5, 0.6) is 0 Å². The third-order valence-electron chi connectivity index (χ3n) is 3.25. The maximum absolute atomic E-state index is 9.60. The molecule has 1 aliphatic rings. The lowest BCUT2D eigenvalue weighted by Crippen LogP contribution is -2.38. The normalized spacial score (nSPS) is 29.5. The highest BCUT2D eigenvalue weighted by Gasteiger charge is 2.36. The molecule has 0 saturated carbocycles. The fourth-order valence-electron chi connectivity index (χ4n) is 2.47. The number of nitrogens with two attached hydrogens (primary N) is 1.